The molecule has 102 valence electrons. The van der Waals surface area contributed by atoms with Crippen molar-refractivity contribution in [1.29, 1.82) is 0 Å². The minimum Gasteiger partial charge on any atom is -0.392 e. The standard InChI is InChI=1S/C17H18N2O/c1-12-5-6-13(2)14(8-12)9-19-10-15(11-20)16-4-3-7-18-17(16)19/h3-8,10,20H,9,11H2,1-2H3. The van der Waals surface area contributed by atoms with E-state index >= 15 is 0 Å². The molecule has 3 rings (SSSR count). The summed E-state index contributed by atoms with van der Waals surface area (Å²) in [6, 6.07) is 10.4. The molecule has 1 aromatic carbocycles. The van der Waals surface area contributed by atoms with Gasteiger partial charge >= 0.3 is 0 Å². The molecule has 0 saturated carbocycles. The van der Waals surface area contributed by atoms with E-state index in [2.05, 4.69) is 41.6 Å². The molecule has 0 aliphatic heterocycles. The summed E-state index contributed by atoms with van der Waals surface area (Å²) in [6.45, 7) is 5.05. The first-order valence-electron chi connectivity index (χ1n) is 6.79. The lowest BCUT2D eigenvalue weighted by Crippen LogP contribution is -2.01. The number of benzene rings is 1. The van der Waals surface area contributed by atoms with Gasteiger partial charge in [0.15, 0.2) is 0 Å². The molecule has 20 heavy (non-hydrogen) atoms. The Labute approximate surface area is 118 Å². The Balaban J connectivity index is 2.09. The van der Waals surface area contributed by atoms with Gasteiger partial charge in [0.25, 0.3) is 0 Å². The zero-order valence-electron chi connectivity index (χ0n) is 11.8. The van der Waals surface area contributed by atoms with Crippen molar-refractivity contribution in [1.82, 2.24) is 9.55 Å². The Morgan fingerprint density at radius 3 is 2.80 bits per heavy atom. The SMILES string of the molecule is Cc1ccc(C)c(Cn2cc(CO)c3cccnc32)c1. The van der Waals surface area contributed by atoms with Gasteiger partial charge in [-0.25, -0.2) is 4.98 Å². The highest BCUT2D eigenvalue weighted by Crippen LogP contribution is 2.21. The minimum atomic E-state index is 0.0436. The first-order valence-corrected chi connectivity index (χ1v) is 6.79. The molecule has 2 heterocycles. The fourth-order valence-corrected chi connectivity index (χ4v) is 2.60. The third-order valence-electron chi connectivity index (χ3n) is 3.73. The van der Waals surface area contributed by atoms with Crippen LogP contribution in [0.15, 0.2) is 42.7 Å². The van der Waals surface area contributed by atoms with Crippen LogP contribution in [-0.2, 0) is 13.2 Å². The molecule has 3 nitrogen and oxygen atoms in total. The van der Waals surface area contributed by atoms with Crippen molar-refractivity contribution in [3.05, 3.63) is 65.0 Å². The maximum Gasteiger partial charge on any atom is 0.140 e. The molecule has 2 aromatic heterocycles. The molecule has 0 unspecified atom stereocenters. The second-order valence-electron chi connectivity index (χ2n) is 5.24. The highest BCUT2D eigenvalue weighted by atomic mass is 16.3. The number of pyridine rings is 1. The lowest BCUT2D eigenvalue weighted by atomic mass is 10.1. The summed E-state index contributed by atoms with van der Waals surface area (Å²) in [5.41, 5.74) is 5.68. The van der Waals surface area contributed by atoms with Gasteiger partial charge in [-0.05, 0) is 37.1 Å². The maximum atomic E-state index is 9.47. The van der Waals surface area contributed by atoms with Crippen molar-refractivity contribution < 1.29 is 5.11 Å². The van der Waals surface area contributed by atoms with Crippen LogP contribution in [0.1, 0.15) is 22.3 Å². The van der Waals surface area contributed by atoms with Crippen molar-refractivity contribution in [3.8, 4) is 0 Å². The van der Waals surface area contributed by atoms with Gasteiger partial charge in [0, 0.05) is 29.9 Å². The molecule has 3 heteroatoms. The highest BCUT2D eigenvalue weighted by molar-refractivity contribution is 5.80. The molecule has 0 fully saturated rings. The first kappa shape index (κ1) is 12.9. The molecular weight excluding hydrogens is 248 g/mol. The van der Waals surface area contributed by atoms with Crippen molar-refractivity contribution in [2.75, 3.05) is 0 Å². The van der Waals surface area contributed by atoms with E-state index < -0.39 is 0 Å². The second kappa shape index (κ2) is 5.10. The Hall–Kier alpha value is -2.13. The van der Waals surface area contributed by atoms with Gasteiger partial charge in [-0.15, -0.1) is 0 Å². The summed E-state index contributed by atoms with van der Waals surface area (Å²) in [7, 11) is 0. The highest BCUT2D eigenvalue weighted by Gasteiger charge is 2.09. The Bertz CT molecular complexity index is 759. The van der Waals surface area contributed by atoms with Crippen LogP contribution >= 0.6 is 0 Å². The molecule has 0 bridgehead atoms. The number of aryl methyl sites for hydroxylation is 2. The van der Waals surface area contributed by atoms with Gasteiger partial charge in [-0.3, -0.25) is 0 Å². The predicted octanol–water partition coefficient (Wildman–Crippen LogP) is 3.19. The molecule has 0 spiro atoms. The lowest BCUT2D eigenvalue weighted by Gasteiger charge is -2.09. The van der Waals surface area contributed by atoms with Crippen LogP contribution in [0, 0.1) is 13.8 Å². The van der Waals surface area contributed by atoms with Crippen molar-refractivity contribution >= 4 is 11.0 Å². The summed E-state index contributed by atoms with van der Waals surface area (Å²) in [6.07, 6.45) is 3.79. The fourth-order valence-electron chi connectivity index (χ4n) is 2.60. The van der Waals surface area contributed by atoms with E-state index in [1.165, 1.54) is 16.7 Å². The lowest BCUT2D eigenvalue weighted by molar-refractivity contribution is 0.283. The number of rotatable bonds is 3. The topological polar surface area (TPSA) is 38.0 Å². The van der Waals surface area contributed by atoms with Crippen LogP contribution in [0.2, 0.25) is 0 Å². The number of hydrogen-bond acceptors (Lipinski definition) is 2. The summed E-state index contributed by atoms with van der Waals surface area (Å²) in [4.78, 5) is 4.45. The van der Waals surface area contributed by atoms with Crippen LogP contribution < -0.4 is 0 Å². The van der Waals surface area contributed by atoms with E-state index in [1.807, 2.05) is 18.3 Å². The number of nitrogens with zero attached hydrogens (tertiary/aromatic N) is 2. The van der Waals surface area contributed by atoms with Crippen LogP contribution in [0.5, 0.6) is 0 Å². The van der Waals surface area contributed by atoms with Gasteiger partial charge in [0.1, 0.15) is 5.65 Å². The van der Waals surface area contributed by atoms with Gasteiger partial charge < -0.3 is 9.67 Å². The summed E-state index contributed by atoms with van der Waals surface area (Å²) in [5.74, 6) is 0. The Morgan fingerprint density at radius 2 is 2.00 bits per heavy atom. The number of aromatic nitrogens is 2. The Kier molecular flexibility index (Phi) is 3.28. The predicted molar refractivity (Wildman–Crippen MR) is 80.7 cm³/mol. The normalized spacial score (nSPS) is 11.2. The van der Waals surface area contributed by atoms with Crippen LogP contribution in [-0.4, -0.2) is 14.7 Å². The van der Waals surface area contributed by atoms with Crippen LogP contribution in [0.25, 0.3) is 11.0 Å². The third-order valence-corrected chi connectivity index (χ3v) is 3.73. The molecule has 0 aliphatic carbocycles. The monoisotopic (exact) mass is 266 g/mol. The number of fused-ring (bicyclic) bond motifs is 1. The average Bonchev–Trinajstić information content (AvgIpc) is 2.81. The maximum absolute atomic E-state index is 9.47. The number of aliphatic hydroxyl groups excluding tert-OH is 1. The van der Waals surface area contributed by atoms with Gasteiger partial charge in [-0.1, -0.05) is 23.8 Å². The minimum absolute atomic E-state index is 0.0436. The number of hydrogen-bond donors (Lipinski definition) is 1. The van der Waals surface area contributed by atoms with E-state index in [9.17, 15) is 5.11 Å². The molecule has 0 aliphatic rings. The first-order chi connectivity index (χ1) is 9.69. The third kappa shape index (κ3) is 2.21. The quantitative estimate of drug-likeness (QED) is 0.790. The second-order valence-corrected chi connectivity index (χ2v) is 5.24. The van der Waals surface area contributed by atoms with Gasteiger partial charge in [0.2, 0.25) is 0 Å². The van der Waals surface area contributed by atoms with Crippen molar-refractivity contribution in [3.63, 3.8) is 0 Å². The van der Waals surface area contributed by atoms with Crippen LogP contribution in [0.4, 0.5) is 0 Å². The Morgan fingerprint density at radius 1 is 1.15 bits per heavy atom. The number of aliphatic hydroxyl groups is 1. The van der Waals surface area contributed by atoms with Crippen molar-refractivity contribution in [2.24, 2.45) is 0 Å². The summed E-state index contributed by atoms with van der Waals surface area (Å²) >= 11 is 0. The molecule has 0 atom stereocenters. The molecule has 0 saturated heterocycles. The van der Waals surface area contributed by atoms with E-state index in [-0.39, 0.29) is 6.61 Å². The zero-order chi connectivity index (χ0) is 14.1. The van der Waals surface area contributed by atoms with Gasteiger partial charge in [0.05, 0.1) is 6.61 Å². The van der Waals surface area contributed by atoms with Gasteiger partial charge in [-0.2, -0.15) is 0 Å². The molecular formula is C17H18N2O. The fraction of sp³-hybridized carbons (Fsp3) is 0.235. The molecule has 0 amide bonds. The van der Waals surface area contributed by atoms with E-state index in [0.717, 1.165) is 23.1 Å². The smallest absolute Gasteiger partial charge is 0.140 e. The van der Waals surface area contributed by atoms with Crippen molar-refractivity contribution in [2.45, 2.75) is 27.0 Å². The van der Waals surface area contributed by atoms with E-state index in [4.69, 9.17) is 0 Å². The van der Waals surface area contributed by atoms with Crippen LogP contribution in [0.3, 0.4) is 0 Å². The summed E-state index contributed by atoms with van der Waals surface area (Å²) < 4.78 is 2.11. The molecule has 3 aromatic rings. The zero-order valence-corrected chi connectivity index (χ0v) is 11.8. The van der Waals surface area contributed by atoms with E-state index in [1.54, 1.807) is 6.20 Å². The molecule has 1 N–H and O–H groups in total. The summed E-state index contributed by atoms with van der Waals surface area (Å²) in [5, 5.41) is 10.5. The van der Waals surface area contributed by atoms with E-state index in [0.29, 0.717) is 0 Å². The molecule has 0 radical (unpaired) electrons. The average molecular weight is 266 g/mol. The largest absolute Gasteiger partial charge is 0.392 e.